The Hall–Kier alpha value is -2.44. The first-order valence-electron chi connectivity index (χ1n) is 7.52. The van der Waals surface area contributed by atoms with Crippen molar-refractivity contribution in [3.63, 3.8) is 0 Å². The van der Waals surface area contributed by atoms with Crippen molar-refractivity contribution in [3.05, 3.63) is 70.1 Å². The minimum atomic E-state index is -0.391. The number of anilines is 1. The summed E-state index contributed by atoms with van der Waals surface area (Å²) in [5, 5.41) is 0. The van der Waals surface area contributed by atoms with E-state index in [1.807, 2.05) is 31.2 Å². The van der Waals surface area contributed by atoms with Gasteiger partial charge in [-0.15, -0.1) is 0 Å². The molecule has 1 aliphatic rings. The van der Waals surface area contributed by atoms with Crippen LogP contribution >= 0.6 is 24.0 Å². The summed E-state index contributed by atoms with van der Waals surface area (Å²) in [5.41, 5.74) is 3.12. The number of thiocarbonyl (C=S) groups is 1. The van der Waals surface area contributed by atoms with Crippen molar-refractivity contribution in [1.29, 1.82) is 0 Å². The largest absolute Gasteiger partial charge is 0.465 e. The molecule has 0 N–H and O–H groups in total. The SMILES string of the molecule is COC(=O)c1ccc(/C=C2\SC(=S)N(c3cccc(C)c3)C2=O)cc1. The molecule has 0 atom stereocenters. The summed E-state index contributed by atoms with van der Waals surface area (Å²) >= 11 is 6.64. The van der Waals surface area contributed by atoms with Gasteiger partial charge in [0.25, 0.3) is 5.91 Å². The highest BCUT2D eigenvalue weighted by Gasteiger charge is 2.33. The van der Waals surface area contributed by atoms with E-state index in [9.17, 15) is 9.59 Å². The molecule has 2 aromatic carbocycles. The van der Waals surface area contributed by atoms with Crippen molar-refractivity contribution < 1.29 is 14.3 Å². The second-order valence-electron chi connectivity index (χ2n) is 5.47. The summed E-state index contributed by atoms with van der Waals surface area (Å²) in [6.07, 6.45) is 1.77. The van der Waals surface area contributed by atoms with Crippen LogP contribution in [0.2, 0.25) is 0 Å². The maximum absolute atomic E-state index is 12.7. The highest BCUT2D eigenvalue weighted by Crippen LogP contribution is 2.36. The molecule has 3 rings (SSSR count). The fraction of sp³-hybridized carbons (Fsp3) is 0.105. The van der Waals surface area contributed by atoms with Crippen LogP contribution in [-0.4, -0.2) is 23.3 Å². The number of benzene rings is 2. The molecule has 1 amide bonds. The van der Waals surface area contributed by atoms with Gasteiger partial charge in [-0.05, 0) is 48.4 Å². The van der Waals surface area contributed by atoms with E-state index in [-0.39, 0.29) is 5.91 Å². The van der Waals surface area contributed by atoms with Gasteiger partial charge in [-0.2, -0.15) is 0 Å². The Bertz CT molecular complexity index is 888. The average molecular weight is 369 g/mol. The lowest BCUT2D eigenvalue weighted by Crippen LogP contribution is -2.27. The molecule has 4 nitrogen and oxygen atoms in total. The van der Waals surface area contributed by atoms with Gasteiger partial charge in [0.2, 0.25) is 0 Å². The van der Waals surface area contributed by atoms with Gasteiger partial charge < -0.3 is 4.74 Å². The molecule has 0 aromatic heterocycles. The Morgan fingerprint density at radius 2 is 1.92 bits per heavy atom. The molecule has 0 aliphatic carbocycles. The predicted octanol–water partition coefficient (Wildman–Crippen LogP) is 4.19. The quantitative estimate of drug-likeness (QED) is 0.461. The summed E-state index contributed by atoms with van der Waals surface area (Å²) in [7, 11) is 1.34. The summed E-state index contributed by atoms with van der Waals surface area (Å²) in [5.74, 6) is -0.532. The molecule has 1 heterocycles. The van der Waals surface area contributed by atoms with Crippen LogP contribution in [0.15, 0.2) is 53.4 Å². The van der Waals surface area contributed by atoms with E-state index in [1.165, 1.54) is 18.9 Å². The van der Waals surface area contributed by atoms with E-state index in [4.69, 9.17) is 12.2 Å². The van der Waals surface area contributed by atoms with Gasteiger partial charge in [0.15, 0.2) is 4.32 Å². The molecule has 6 heteroatoms. The zero-order chi connectivity index (χ0) is 18.0. The highest BCUT2D eigenvalue weighted by molar-refractivity contribution is 8.27. The van der Waals surface area contributed by atoms with Crippen LogP contribution in [0.3, 0.4) is 0 Å². The van der Waals surface area contributed by atoms with Gasteiger partial charge in [-0.1, -0.05) is 48.2 Å². The first-order chi connectivity index (χ1) is 12.0. The molecule has 1 aliphatic heterocycles. The number of thioether (sulfide) groups is 1. The van der Waals surface area contributed by atoms with Crippen molar-refractivity contribution in [2.24, 2.45) is 0 Å². The Kier molecular flexibility index (Phi) is 5.01. The van der Waals surface area contributed by atoms with E-state index < -0.39 is 5.97 Å². The number of rotatable bonds is 3. The van der Waals surface area contributed by atoms with Crippen LogP contribution in [0.1, 0.15) is 21.5 Å². The summed E-state index contributed by atoms with van der Waals surface area (Å²) in [4.78, 5) is 26.3. The molecule has 0 bridgehead atoms. The lowest BCUT2D eigenvalue weighted by atomic mass is 10.1. The first kappa shape index (κ1) is 17.4. The Balaban J connectivity index is 1.86. The van der Waals surface area contributed by atoms with Crippen molar-refractivity contribution >= 4 is 51.9 Å². The van der Waals surface area contributed by atoms with Crippen molar-refractivity contribution in [1.82, 2.24) is 0 Å². The molecule has 126 valence electrons. The van der Waals surface area contributed by atoms with E-state index in [2.05, 4.69) is 4.74 Å². The number of carbonyl (C=O) groups is 2. The number of hydrogen-bond acceptors (Lipinski definition) is 5. The third-order valence-corrected chi connectivity index (χ3v) is 4.99. The lowest BCUT2D eigenvalue weighted by molar-refractivity contribution is -0.113. The maximum atomic E-state index is 12.7. The molecule has 25 heavy (non-hydrogen) atoms. The molecule has 0 radical (unpaired) electrons. The van der Waals surface area contributed by atoms with Gasteiger partial charge in [0, 0.05) is 0 Å². The zero-order valence-electron chi connectivity index (χ0n) is 13.7. The third kappa shape index (κ3) is 3.65. The van der Waals surface area contributed by atoms with E-state index in [1.54, 1.807) is 35.2 Å². The van der Waals surface area contributed by atoms with Crippen LogP contribution < -0.4 is 4.90 Å². The number of nitrogens with zero attached hydrogens (tertiary/aromatic N) is 1. The fourth-order valence-corrected chi connectivity index (χ4v) is 3.74. The molecule has 1 fully saturated rings. The molecule has 1 saturated heterocycles. The Morgan fingerprint density at radius 3 is 2.56 bits per heavy atom. The third-order valence-electron chi connectivity index (χ3n) is 3.68. The second-order valence-corrected chi connectivity index (χ2v) is 7.15. The highest BCUT2D eigenvalue weighted by atomic mass is 32.2. The van der Waals surface area contributed by atoms with Gasteiger partial charge >= 0.3 is 5.97 Å². The minimum absolute atomic E-state index is 0.141. The minimum Gasteiger partial charge on any atom is -0.465 e. The molecular formula is C19H15NO3S2. The van der Waals surface area contributed by atoms with Crippen LogP contribution in [0, 0.1) is 6.92 Å². The Morgan fingerprint density at radius 1 is 1.20 bits per heavy atom. The number of ether oxygens (including phenoxy) is 1. The first-order valence-corrected chi connectivity index (χ1v) is 8.75. The number of esters is 1. The fourth-order valence-electron chi connectivity index (χ4n) is 2.44. The van der Waals surface area contributed by atoms with Crippen molar-refractivity contribution in [3.8, 4) is 0 Å². The number of carbonyl (C=O) groups excluding carboxylic acids is 2. The number of aryl methyl sites for hydroxylation is 1. The normalized spacial score (nSPS) is 15.8. The zero-order valence-corrected chi connectivity index (χ0v) is 15.3. The predicted molar refractivity (Wildman–Crippen MR) is 105 cm³/mol. The van der Waals surface area contributed by atoms with Crippen LogP contribution in [0.5, 0.6) is 0 Å². The second kappa shape index (κ2) is 7.21. The average Bonchev–Trinajstić information content (AvgIpc) is 2.88. The standard InChI is InChI=1S/C19H15NO3S2/c1-12-4-3-5-15(10-12)20-17(21)16(25-19(20)24)11-13-6-8-14(9-7-13)18(22)23-2/h3-11H,1-2H3/b16-11-. The topological polar surface area (TPSA) is 46.6 Å². The van der Waals surface area contributed by atoms with Gasteiger partial charge in [0.1, 0.15) is 0 Å². The smallest absolute Gasteiger partial charge is 0.337 e. The van der Waals surface area contributed by atoms with E-state index in [0.29, 0.717) is 14.8 Å². The number of amides is 1. The van der Waals surface area contributed by atoms with Crippen molar-refractivity contribution in [2.75, 3.05) is 12.0 Å². The summed E-state index contributed by atoms with van der Waals surface area (Å²) in [6.45, 7) is 1.97. The molecule has 0 saturated carbocycles. The molecular weight excluding hydrogens is 354 g/mol. The van der Waals surface area contributed by atoms with Crippen LogP contribution in [-0.2, 0) is 9.53 Å². The number of methoxy groups -OCH3 is 1. The Labute approximate surface area is 155 Å². The summed E-state index contributed by atoms with van der Waals surface area (Å²) < 4.78 is 5.18. The van der Waals surface area contributed by atoms with Crippen molar-refractivity contribution in [2.45, 2.75) is 6.92 Å². The summed E-state index contributed by atoms with van der Waals surface area (Å²) in [6, 6.07) is 14.5. The number of hydrogen-bond donors (Lipinski definition) is 0. The monoisotopic (exact) mass is 369 g/mol. The lowest BCUT2D eigenvalue weighted by Gasteiger charge is -2.14. The van der Waals surface area contributed by atoms with Crippen LogP contribution in [0.25, 0.3) is 6.08 Å². The maximum Gasteiger partial charge on any atom is 0.337 e. The van der Waals surface area contributed by atoms with E-state index in [0.717, 1.165) is 16.8 Å². The molecule has 0 unspecified atom stereocenters. The van der Waals surface area contributed by atoms with Gasteiger partial charge in [-0.25, -0.2) is 4.79 Å². The molecule has 0 spiro atoms. The van der Waals surface area contributed by atoms with Crippen LogP contribution in [0.4, 0.5) is 5.69 Å². The van der Waals surface area contributed by atoms with Gasteiger partial charge in [0.05, 0.1) is 23.3 Å². The van der Waals surface area contributed by atoms with Gasteiger partial charge in [-0.3, -0.25) is 9.69 Å². The molecule has 2 aromatic rings. The van der Waals surface area contributed by atoms with E-state index >= 15 is 0 Å².